The molecule has 2 aromatic rings. The summed E-state index contributed by atoms with van der Waals surface area (Å²) in [6.07, 6.45) is 5.93. The number of halogens is 1. The van der Waals surface area contributed by atoms with E-state index >= 15 is 0 Å². The molecule has 5 nitrogen and oxygen atoms in total. The van der Waals surface area contributed by atoms with Gasteiger partial charge >= 0.3 is 0 Å². The van der Waals surface area contributed by atoms with Crippen LogP contribution in [0.5, 0.6) is 0 Å². The summed E-state index contributed by atoms with van der Waals surface area (Å²) in [4.78, 5) is 8.39. The summed E-state index contributed by atoms with van der Waals surface area (Å²) < 4.78 is 6.07. The molecule has 0 atom stereocenters. The first kappa shape index (κ1) is 10.9. The van der Waals surface area contributed by atoms with Crippen LogP contribution in [0.1, 0.15) is 18.7 Å². The van der Waals surface area contributed by atoms with Crippen LogP contribution in [0, 0.1) is 0 Å². The quantitative estimate of drug-likeness (QED) is 0.936. The molecule has 1 aliphatic carbocycles. The lowest BCUT2D eigenvalue weighted by atomic mass is 10.3. The van der Waals surface area contributed by atoms with Gasteiger partial charge in [-0.05, 0) is 34.8 Å². The van der Waals surface area contributed by atoms with Gasteiger partial charge in [0.1, 0.15) is 0 Å². The Morgan fingerprint density at radius 2 is 2.29 bits per heavy atom. The Morgan fingerprint density at radius 3 is 3.06 bits per heavy atom. The van der Waals surface area contributed by atoms with E-state index in [4.69, 9.17) is 4.52 Å². The molecule has 2 heterocycles. The number of hydrogen-bond donors (Lipinski definition) is 1. The van der Waals surface area contributed by atoms with Crippen molar-refractivity contribution in [3.63, 3.8) is 0 Å². The van der Waals surface area contributed by atoms with Crippen molar-refractivity contribution in [1.82, 2.24) is 20.4 Å². The van der Waals surface area contributed by atoms with Crippen molar-refractivity contribution >= 4 is 15.9 Å². The summed E-state index contributed by atoms with van der Waals surface area (Å²) in [5.74, 6) is 1.19. The number of hydrogen-bond acceptors (Lipinski definition) is 5. The van der Waals surface area contributed by atoms with Crippen LogP contribution in [0.15, 0.2) is 27.5 Å². The Hall–Kier alpha value is -1.27. The van der Waals surface area contributed by atoms with Crippen LogP contribution in [0.4, 0.5) is 0 Å². The van der Waals surface area contributed by atoms with Crippen LogP contribution < -0.4 is 5.32 Å². The minimum absolute atomic E-state index is 0.575. The smallest absolute Gasteiger partial charge is 0.240 e. The summed E-state index contributed by atoms with van der Waals surface area (Å²) in [7, 11) is 0. The molecule has 0 amide bonds. The lowest BCUT2D eigenvalue weighted by Gasteiger charge is -1.95. The predicted octanol–water partition coefficient (Wildman–Crippen LogP) is 2.15. The highest BCUT2D eigenvalue weighted by molar-refractivity contribution is 9.10. The molecule has 0 aliphatic heterocycles. The average molecular weight is 295 g/mol. The molecule has 1 aliphatic rings. The number of aromatic nitrogens is 3. The number of pyridine rings is 1. The van der Waals surface area contributed by atoms with Crippen LogP contribution in [-0.2, 0) is 6.54 Å². The first-order valence-electron chi connectivity index (χ1n) is 5.48. The Kier molecular flexibility index (Phi) is 2.90. The molecule has 0 radical (unpaired) electrons. The van der Waals surface area contributed by atoms with Gasteiger partial charge < -0.3 is 9.84 Å². The normalized spacial score (nSPS) is 15.1. The van der Waals surface area contributed by atoms with E-state index in [-0.39, 0.29) is 0 Å². The fraction of sp³-hybridized carbons (Fsp3) is 0.364. The molecule has 2 aromatic heterocycles. The van der Waals surface area contributed by atoms with E-state index in [0.29, 0.717) is 24.3 Å². The van der Waals surface area contributed by atoms with Crippen molar-refractivity contribution in [1.29, 1.82) is 0 Å². The highest BCUT2D eigenvalue weighted by atomic mass is 79.9. The fourth-order valence-electron chi connectivity index (χ4n) is 1.50. The lowest BCUT2D eigenvalue weighted by molar-refractivity contribution is 0.367. The monoisotopic (exact) mass is 294 g/mol. The van der Waals surface area contributed by atoms with Crippen molar-refractivity contribution in [3.8, 4) is 11.4 Å². The first-order valence-corrected chi connectivity index (χ1v) is 6.27. The SMILES string of the molecule is Brc1cncc(-c2noc(CNC3CC3)n2)c1. The van der Waals surface area contributed by atoms with E-state index in [1.165, 1.54) is 12.8 Å². The summed E-state index contributed by atoms with van der Waals surface area (Å²) in [6.45, 7) is 0.638. The summed E-state index contributed by atoms with van der Waals surface area (Å²) in [6, 6.07) is 2.55. The van der Waals surface area contributed by atoms with E-state index in [2.05, 4.69) is 36.4 Å². The highest BCUT2D eigenvalue weighted by Crippen LogP contribution is 2.21. The van der Waals surface area contributed by atoms with Gasteiger partial charge in [0, 0.05) is 28.5 Å². The molecule has 88 valence electrons. The molecule has 17 heavy (non-hydrogen) atoms. The van der Waals surface area contributed by atoms with Gasteiger partial charge in [-0.1, -0.05) is 5.16 Å². The molecule has 0 unspecified atom stereocenters. The van der Waals surface area contributed by atoms with Crippen molar-refractivity contribution in [2.24, 2.45) is 0 Å². The second-order valence-corrected chi connectivity index (χ2v) is 4.97. The van der Waals surface area contributed by atoms with Crippen molar-refractivity contribution in [2.45, 2.75) is 25.4 Å². The third-order valence-electron chi connectivity index (χ3n) is 2.55. The largest absolute Gasteiger partial charge is 0.338 e. The molecule has 0 spiro atoms. The second-order valence-electron chi connectivity index (χ2n) is 4.06. The van der Waals surface area contributed by atoms with E-state index in [1.807, 2.05) is 6.07 Å². The molecule has 0 bridgehead atoms. The average Bonchev–Trinajstić information content (AvgIpc) is 3.04. The highest BCUT2D eigenvalue weighted by Gasteiger charge is 2.21. The number of nitrogens with one attached hydrogen (secondary N) is 1. The van der Waals surface area contributed by atoms with Gasteiger partial charge in [0.05, 0.1) is 6.54 Å². The molecule has 3 rings (SSSR count). The molecule has 0 saturated heterocycles. The van der Waals surface area contributed by atoms with Gasteiger partial charge in [-0.3, -0.25) is 4.98 Å². The van der Waals surface area contributed by atoms with Gasteiger partial charge in [-0.2, -0.15) is 4.98 Å². The molecule has 6 heteroatoms. The van der Waals surface area contributed by atoms with Crippen molar-refractivity contribution in [3.05, 3.63) is 28.8 Å². The molecule has 1 fully saturated rings. The van der Waals surface area contributed by atoms with Gasteiger partial charge in [0.2, 0.25) is 11.7 Å². The molecule has 1 N–H and O–H groups in total. The van der Waals surface area contributed by atoms with Gasteiger partial charge in [0.15, 0.2) is 0 Å². The Balaban J connectivity index is 1.74. The van der Waals surface area contributed by atoms with Crippen LogP contribution in [0.25, 0.3) is 11.4 Å². The summed E-state index contributed by atoms with van der Waals surface area (Å²) >= 11 is 3.36. The maximum absolute atomic E-state index is 5.17. The van der Waals surface area contributed by atoms with E-state index in [0.717, 1.165) is 10.0 Å². The third kappa shape index (κ3) is 2.70. The first-order chi connectivity index (χ1) is 8.31. The maximum atomic E-state index is 5.17. The van der Waals surface area contributed by atoms with Gasteiger partial charge in [-0.15, -0.1) is 0 Å². The van der Waals surface area contributed by atoms with Crippen LogP contribution >= 0.6 is 15.9 Å². The molecule has 0 aromatic carbocycles. The second kappa shape index (κ2) is 4.54. The van der Waals surface area contributed by atoms with Crippen molar-refractivity contribution < 1.29 is 4.52 Å². The Labute approximate surface area is 107 Å². The van der Waals surface area contributed by atoms with Crippen LogP contribution in [0.2, 0.25) is 0 Å². The fourth-order valence-corrected chi connectivity index (χ4v) is 1.86. The number of rotatable bonds is 4. The molecular formula is C11H11BrN4O. The van der Waals surface area contributed by atoms with E-state index in [1.54, 1.807) is 12.4 Å². The molecular weight excluding hydrogens is 284 g/mol. The van der Waals surface area contributed by atoms with Crippen molar-refractivity contribution in [2.75, 3.05) is 0 Å². The van der Waals surface area contributed by atoms with Gasteiger partial charge in [0.25, 0.3) is 0 Å². The zero-order chi connectivity index (χ0) is 11.7. The zero-order valence-corrected chi connectivity index (χ0v) is 10.6. The van der Waals surface area contributed by atoms with E-state index < -0.39 is 0 Å². The Bertz CT molecular complexity index is 524. The van der Waals surface area contributed by atoms with Crippen LogP contribution in [-0.4, -0.2) is 21.2 Å². The molecule has 1 saturated carbocycles. The maximum Gasteiger partial charge on any atom is 0.240 e. The topological polar surface area (TPSA) is 63.8 Å². The predicted molar refractivity (Wildman–Crippen MR) is 65.1 cm³/mol. The zero-order valence-electron chi connectivity index (χ0n) is 9.06. The Morgan fingerprint density at radius 1 is 1.41 bits per heavy atom. The van der Waals surface area contributed by atoms with Crippen LogP contribution in [0.3, 0.4) is 0 Å². The summed E-state index contributed by atoms with van der Waals surface area (Å²) in [5.41, 5.74) is 0.848. The minimum atomic E-state index is 0.575. The minimum Gasteiger partial charge on any atom is -0.338 e. The van der Waals surface area contributed by atoms with E-state index in [9.17, 15) is 0 Å². The summed E-state index contributed by atoms with van der Waals surface area (Å²) in [5, 5.41) is 7.27. The number of nitrogens with zero attached hydrogens (tertiary/aromatic N) is 3. The van der Waals surface area contributed by atoms with Gasteiger partial charge in [-0.25, -0.2) is 0 Å². The lowest BCUT2D eigenvalue weighted by Crippen LogP contribution is -2.15. The third-order valence-corrected chi connectivity index (χ3v) is 2.98. The standard InChI is InChI=1S/C11H11BrN4O/c12-8-3-7(4-13-5-8)11-15-10(17-16-11)6-14-9-1-2-9/h3-5,9,14H,1-2,6H2.